The molecule has 3 aromatic rings. The van der Waals surface area contributed by atoms with Crippen LogP contribution in [0.2, 0.25) is 0 Å². The van der Waals surface area contributed by atoms with E-state index in [1.807, 2.05) is 19.9 Å². The van der Waals surface area contributed by atoms with Crippen LogP contribution in [0.15, 0.2) is 29.1 Å². The Bertz CT molecular complexity index is 981. The molecule has 2 heterocycles. The topological polar surface area (TPSA) is 94.8 Å². The van der Waals surface area contributed by atoms with Gasteiger partial charge in [0.25, 0.3) is 0 Å². The number of imidazole rings is 1. The summed E-state index contributed by atoms with van der Waals surface area (Å²) in [6, 6.07) is 6.97. The number of Topliss-reactive ketones (excluding diaryl/α,β-unsaturated/α-hetero) is 1. The third kappa shape index (κ3) is 3.46. The molecule has 6 nitrogen and oxygen atoms in total. The maximum absolute atomic E-state index is 12.2. The predicted octanol–water partition coefficient (Wildman–Crippen LogP) is 3.14. The van der Waals surface area contributed by atoms with Crippen molar-refractivity contribution in [3.8, 4) is 0 Å². The molecular formula is C17H17N3O3S. The minimum atomic E-state index is -0.291. The summed E-state index contributed by atoms with van der Waals surface area (Å²) in [4.78, 5) is 42.8. The van der Waals surface area contributed by atoms with Crippen LogP contribution in [0, 0.1) is 13.8 Å². The Kier molecular flexibility index (Phi) is 4.35. The first-order valence-electron chi connectivity index (χ1n) is 7.54. The average Bonchev–Trinajstić information content (AvgIpc) is 3.05. The van der Waals surface area contributed by atoms with Gasteiger partial charge in [-0.1, -0.05) is 0 Å². The van der Waals surface area contributed by atoms with E-state index >= 15 is 0 Å². The third-order valence-electron chi connectivity index (χ3n) is 3.72. The number of carbonyl (C=O) groups is 2. The van der Waals surface area contributed by atoms with Gasteiger partial charge in [-0.2, -0.15) is 0 Å². The molecule has 0 aliphatic carbocycles. The molecule has 0 aliphatic rings. The van der Waals surface area contributed by atoms with Crippen LogP contribution in [-0.4, -0.2) is 21.7 Å². The third-order valence-corrected chi connectivity index (χ3v) is 4.69. The number of benzene rings is 1. The summed E-state index contributed by atoms with van der Waals surface area (Å²) in [6.45, 7) is 3.88. The zero-order chi connectivity index (χ0) is 17.3. The van der Waals surface area contributed by atoms with E-state index < -0.39 is 0 Å². The molecule has 0 bridgehead atoms. The number of fused-ring (bicyclic) bond motifs is 1. The van der Waals surface area contributed by atoms with Gasteiger partial charge in [0.15, 0.2) is 5.78 Å². The summed E-state index contributed by atoms with van der Waals surface area (Å²) in [7, 11) is 0. The maximum atomic E-state index is 12.2. The number of thiophene rings is 1. The number of aryl methyl sites for hydroxylation is 2. The monoisotopic (exact) mass is 343 g/mol. The van der Waals surface area contributed by atoms with Crippen molar-refractivity contribution < 1.29 is 9.59 Å². The lowest BCUT2D eigenvalue weighted by Gasteiger charge is -2.05. The molecule has 3 N–H and O–H groups in total. The second-order valence-corrected chi connectivity index (χ2v) is 7.10. The van der Waals surface area contributed by atoms with Crippen LogP contribution in [0.3, 0.4) is 0 Å². The molecule has 0 saturated carbocycles. The van der Waals surface area contributed by atoms with Crippen molar-refractivity contribution in [2.45, 2.75) is 26.7 Å². The maximum Gasteiger partial charge on any atom is 0.323 e. The second-order valence-electron chi connectivity index (χ2n) is 5.64. The van der Waals surface area contributed by atoms with Gasteiger partial charge in [-0.15, -0.1) is 11.3 Å². The van der Waals surface area contributed by atoms with Crippen molar-refractivity contribution in [3.05, 3.63) is 50.1 Å². The Balaban J connectivity index is 1.61. The first kappa shape index (κ1) is 16.2. The molecule has 124 valence electrons. The Labute approximate surface area is 141 Å². The lowest BCUT2D eigenvalue weighted by atomic mass is 10.1. The van der Waals surface area contributed by atoms with Crippen molar-refractivity contribution in [1.82, 2.24) is 9.97 Å². The zero-order valence-electron chi connectivity index (χ0n) is 13.4. The zero-order valence-corrected chi connectivity index (χ0v) is 14.2. The lowest BCUT2D eigenvalue weighted by Crippen LogP contribution is -2.13. The van der Waals surface area contributed by atoms with E-state index in [0.29, 0.717) is 22.3 Å². The quantitative estimate of drug-likeness (QED) is 0.621. The van der Waals surface area contributed by atoms with E-state index in [1.54, 1.807) is 29.5 Å². The molecule has 0 spiro atoms. The number of rotatable bonds is 5. The first-order chi connectivity index (χ1) is 11.4. The number of aromatic amines is 2. The van der Waals surface area contributed by atoms with E-state index in [4.69, 9.17) is 0 Å². The van der Waals surface area contributed by atoms with E-state index in [1.165, 1.54) is 0 Å². The molecule has 1 aromatic carbocycles. The minimum Gasteiger partial charge on any atom is -0.326 e. The molecule has 0 unspecified atom stereocenters. The molecule has 7 heteroatoms. The highest BCUT2D eigenvalue weighted by molar-refractivity contribution is 7.12. The Morgan fingerprint density at radius 1 is 1.08 bits per heavy atom. The molecule has 24 heavy (non-hydrogen) atoms. The van der Waals surface area contributed by atoms with Crippen LogP contribution in [0.4, 0.5) is 5.69 Å². The fraction of sp³-hybridized carbons (Fsp3) is 0.235. The number of H-pyrrole nitrogens is 2. The number of anilines is 1. The molecule has 1 amide bonds. The van der Waals surface area contributed by atoms with Crippen molar-refractivity contribution in [2.75, 3.05) is 5.32 Å². The number of hydrogen-bond donors (Lipinski definition) is 3. The van der Waals surface area contributed by atoms with Gasteiger partial charge in [0.2, 0.25) is 5.91 Å². The molecule has 3 rings (SSSR count). The van der Waals surface area contributed by atoms with Gasteiger partial charge in [0.1, 0.15) is 0 Å². The molecule has 0 atom stereocenters. The number of hydrogen-bond acceptors (Lipinski definition) is 4. The van der Waals surface area contributed by atoms with Gasteiger partial charge >= 0.3 is 5.69 Å². The number of aromatic nitrogens is 2. The van der Waals surface area contributed by atoms with Gasteiger partial charge in [-0.05, 0) is 38.1 Å². The smallest absolute Gasteiger partial charge is 0.323 e. The molecule has 0 fully saturated rings. The molecule has 0 saturated heterocycles. The van der Waals surface area contributed by atoms with E-state index in [9.17, 15) is 14.4 Å². The van der Waals surface area contributed by atoms with Crippen LogP contribution in [0.25, 0.3) is 11.0 Å². The summed E-state index contributed by atoms with van der Waals surface area (Å²) in [5.74, 6) is -0.248. The Morgan fingerprint density at radius 3 is 2.54 bits per heavy atom. The van der Waals surface area contributed by atoms with Crippen molar-refractivity contribution >= 4 is 39.7 Å². The van der Waals surface area contributed by atoms with Crippen LogP contribution in [0.5, 0.6) is 0 Å². The fourth-order valence-electron chi connectivity index (χ4n) is 2.60. The summed E-state index contributed by atoms with van der Waals surface area (Å²) in [5, 5.41) is 2.75. The summed E-state index contributed by atoms with van der Waals surface area (Å²) >= 11 is 1.58. The summed E-state index contributed by atoms with van der Waals surface area (Å²) < 4.78 is 0. The highest BCUT2D eigenvalue weighted by atomic mass is 32.1. The Hall–Kier alpha value is -2.67. The van der Waals surface area contributed by atoms with Crippen LogP contribution in [-0.2, 0) is 4.79 Å². The van der Waals surface area contributed by atoms with Gasteiger partial charge in [-0.3, -0.25) is 9.59 Å². The van der Waals surface area contributed by atoms with Crippen molar-refractivity contribution in [1.29, 1.82) is 0 Å². The van der Waals surface area contributed by atoms with E-state index in [2.05, 4.69) is 15.3 Å². The SMILES string of the molecule is Cc1cc(C(=O)CCC(=O)Nc2ccc3[nH]c(=O)[nH]c3c2)c(C)s1. The lowest BCUT2D eigenvalue weighted by molar-refractivity contribution is -0.116. The number of carbonyl (C=O) groups excluding carboxylic acids is 2. The van der Waals surface area contributed by atoms with Crippen LogP contribution < -0.4 is 11.0 Å². The van der Waals surface area contributed by atoms with Gasteiger partial charge < -0.3 is 15.3 Å². The number of ketones is 1. The highest BCUT2D eigenvalue weighted by Gasteiger charge is 2.14. The summed E-state index contributed by atoms with van der Waals surface area (Å²) in [6.07, 6.45) is 0.293. The highest BCUT2D eigenvalue weighted by Crippen LogP contribution is 2.22. The van der Waals surface area contributed by atoms with E-state index in [0.717, 1.165) is 9.75 Å². The second kappa shape index (κ2) is 6.45. The normalized spacial score (nSPS) is 10.9. The largest absolute Gasteiger partial charge is 0.326 e. The molecule has 2 aromatic heterocycles. The Morgan fingerprint density at radius 2 is 1.83 bits per heavy atom. The number of nitrogens with one attached hydrogen (secondary N) is 3. The van der Waals surface area contributed by atoms with Gasteiger partial charge in [0.05, 0.1) is 11.0 Å². The first-order valence-corrected chi connectivity index (χ1v) is 8.36. The van der Waals surface area contributed by atoms with Gasteiger partial charge in [0, 0.05) is 33.8 Å². The van der Waals surface area contributed by atoms with Gasteiger partial charge in [-0.25, -0.2) is 4.79 Å². The molecular weight excluding hydrogens is 326 g/mol. The summed E-state index contributed by atoms with van der Waals surface area (Å²) in [5.41, 5.74) is 2.30. The standard InChI is InChI=1S/C17H17N3O3S/c1-9-7-12(10(2)24-9)15(21)5-6-16(22)18-11-3-4-13-14(8-11)20-17(23)19-13/h3-4,7-8H,5-6H2,1-2H3,(H,18,22)(H2,19,20,23). The average molecular weight is 343 g/mol. The fourth-order valence-corrected chi connectivity index (χ4v) is 3.55. The van der Waals surface area contributed by atoms with Crippen LogP contribution in [0.1, 0.15) is 33.0 Å². The minimum absolute atomic E-state index is 0.0163. The van der Waals surface area contributed by atoms with Crippen molar-refractivity contribution in [3.63, 3.8) is 0 Å². The molecule has 0 radical (unpaired) electrons. The van der Waals surface area contributed by atoms with E-state index in [-0.39, 0.29) is 30.2 Å². The predicted molar refractivity (Wildman–Crippen MR) is 94.9 cm³/mol. The molecule has 0 aliphatic heterocycles. The van der Waals surface area contributed by atoms with Crippen LogP contribution >= 0.6 is 11.3 Å². The number of amides is 1. The van der Waals surface area contributed by atoms with Crippen molar-refractivity contribution in [2.24, 2.45) is 0 Å².